The first-order valence-corrected chi connectivity index (χ1v) is 9.10. The molecule has 0 spiro atoms. The molecular weight excluding hydrogens is 258 g/mol. The summed E-state index contributed by atoms with van der Waals surface area (Å²) >= 11 is 4.13. The fourth-order valence-corrected chi connectivity index (χ4v) is 5.61. The van der Waals surface area contributed by atoms with Crippen molar-refractivity contribution in [3.8, 4) is 0 Å². The lowest BCUT2D eigenvalue weighted by Gasteiger charge is -2.33. The van der Waals surface area contributed by atoms with E-state index < -0.39 is 0 Å². The molecule has 1 aliphatic carbocycles. The SMILES string of the molecule is NC(c1ccccc1C1CCC1)C1CSCCS1. The molecule has 1 aromatic carbocycles. The first-order valence-electron chi connectivity index (χ1n) is 6.90. The Morgan fingerprint density at radius 1 is 1.17 bits per heavy atom. The molecule has 1 saturated carbocycles. The molecule has 2 fully saturated rings. The standard InChI is InChI=1S/C15H21NS2/c16-15(14-10-17-8-9-18-14)13-7-2-1-6-12(13)11-4-3-5-11/h1-2,6-7,11,14-15H,3-5,8-10,16H2. The van der Waals surface area contributed by atoms with E-state index in [0.717, 1.165) is 5.92 Å². The average molecular weight is 279 g/mol. The van der Waals surface area contributed by atoms with Gasteiger partial charge in [-0.2, -0.15) is 23.5 Å². The largest absolute Gasteiger partial charge is 0.323 e. The number of nitrogens with two attached hydrogens (primary N) is 1. The Bertz CT molecular complexity index is 397. The summed E-state index contributed by atoms with van der Waals surface area (Å²) in [6.45, 7) is 0. The summed E-state index contributed by atoms with van der Waals surface area (Å²) in [5.74, 6) is 4.55. The van der Waals surface area contributed by atoms with Gasteiger partial charge in [-0.25, -0.2) is 0 Å². The molecule has 98 valence electrons. The minimum absolute atomic E-state index is 0.222. The molecular formula is C15H21NS2. The van der Waals surface area contributed by atoms with Crippen LogP contribution in [0.25, 0.3) is 0 Å². The highest BCUT2D eigenvalue weighted by Gasteiger charge is 2.28. The summed E-state index contributed by atoms with van der Waals surface area (Å²) in [6.07, 6.45) is 4.11. The Balaban J connectivity index is 1.81. The number of hydrogen-bond donors (Lipinski definition) is 1. The molecule has 2 aliphatic rings. The number of rotatable bonds is 3. The van der Waals surface area contributed by atoms with E-state index in [4.69, 9.17) is 5.73 Å². The van der Waals surface area contributed by atoms with E-state index in [2.05, 4.69) is 47.8 Å². The quantitative estimate of drug-likeness (QED) is 0.911. The molecule has 1 nitrogen and oxygen atoms in total. The molecule has 2 unspecified atom stereocenters. The van der Waals surface area contributed by atoms with Gasteiger partial charge in [0.15, 0.2) is 0 Å². The maximum Gasteiger partial charge on any atom is 0.0426 e. The van der Waals surface area contributed by atoms with Gasteiger partial charge in [-0.05, 0) is 29.9 Å². The smallest absolute Gasteiger partial charge is 0.0426 e. The number of benzene rings is 1. The Kier molecular flexibility index (Phi) is 4.22. The van der Waals surface area contributed by atoms with Crippen LogP contribution in [0.4, 0.5) is 0 Å². The highest BCUT2D eigenvalue weighted by Crippen LogP contribution is 2.41. The Labute approximate surface area is 118 Å². The maximum atomic E-state index is 6.55. The van der Waals surface area contributed by atoms with Crippen molar-refractivity contribution < 1.29 is 0 Å². The van der Waals surface area contributed by atoms with Gasteiger partial charge in [0.1, 0.15) is 0 Å². The predicted octanol–water partition coefficient (Wildman–Crippen LogP) is 3.80. The molecule has 2 atom stereocenters. The molecule has 1 heterocycles. The normalized spacial score (nSPS) is 26.6. The van der Waals surface area contributed by atoms with Crippen LogP contribution < -0.4 is 5.73 Å². The van der Waals surface area contributed by atoms with Crippen LogP contribution in [0.1, 0.15) is 42.3 Å². The third kappa shape index (κ3) is 2.59. The second-order valence-corrected chi connectivity index (χ2v) is 7.76. The Morgan fingerprint density at radius 3 is 2.67 bits per heavy atom. The zero-order valence-corrected chi connectivity index (χ0v) is 12.3. The van der Waals surface area contributed by atoms with Gasteiger partial charge in [0, 0.05) is 28.6 Å². The molecule has 1 aromatic rings. The van der Waals surface area contributed by atoms with E-state index in [1.165, 1.54) is 47.6 Å². The van der Waals surface area contributed by atoms with E-state index in [1.807, 2.05) is 0 Å². The topological polar surface area (TPSA) is 26.0 Å². The van der Waals surface area contributed by atoms with Crippen molar-refractivity contribution >= 4 is 23.5 Å². The lowest BCUT2D eigenvalue weighted by atomic mass is 9.77. The van der Waals surface area contributed by atoms with E-state index >= 15 is 0 Å². The van der Waals surface area contributed by atoms with Crippen molar-refractivity contribution in [1.29, 1.82) is 0 Å². The van der Waals surface area contributed by atoms with Crippen molar-refractivity contribution in [2.75, 3.05) is 17.3 Å². The van der Waals surface area contributed by atoms with Crippen molar-refractivity contribution in [3.05, 3.63) is 35.4 Å². The molecule has 0 radical (unpaired) electrons. The summed E-state index contributed by atoms with van der Waals surface area (Å²) in [5.41, 5.74) is 9.51. The van der Waals surface area contributed by atoms with Crippen LogP contribution in [-0.4, -0.2) is 22.5 Å². The highest BCUT2D eigenvalue weighted by molar-refractivity contribution is 8.06. The van der Waals surface area contributed by atoms with E-state index in [0.29, 0.717) is 5.25 Å². The van der Waals surface area contributed by atoms with E-state index in [-0.39, 0.29) is 6.04 Å². The molecule has 3 rings (SSSR count). The van der Waals surface area contributed by atoms with Crippen molar-refractivity contribution in [2.45, 2.75) is 36.5 Å². The van der Waals surface area contributed by atoms with Crippen LogP contribution >= 0.6 is 23.5 Å². The Morgan fingerprint density at radius 2 is 2.00 bits per heavy atom. The van der Waals surface area contributed by atoms with Gasteiger partial charge in [-0.3, -0.25) is 0 Å². The van der Waals surface area contributed by atoms with Crippen molar-refractivity contribution in [3.63, 3.8) is 0 Å². The van der Waals surface area contributed by atoms with Crippen LogP contribution in [0, 0.1) is 0 Å². The summed E-state index contributed by atoms with van der Waals surface area (Å²) < 4.78 is 0. The average Bonchev–Trinajstić information content (AvgIpc) is 2.38. The highest BCUT2D eigenvalue weighted by atomic mass is 32.2. The zero-order chi connectivity index (χ0) is 12.4. The molecule has 0 aromatic heterocycles. The van der Waals surface area contributed by atoms with Crippen LogP contribution in [0.5, 0.6) is 0 Å². The number of hydrogen-bond acceptors (Lipinski definition) is 3. The zero-order valence-electron chi connectivity index (χ0n) is 10.7. The molecule has 18 heavy (non-hydrogen) atoms. The third-order valence-corrected chi connectivity index (χ3v) is 7.03. The molecule has 1 saturated heterocycles. The first kappa shape index (κ1) is 12.9. The molecule has 2 N–H and O–H groups in total. The molecule has 0 amide bonds. The summed E-state index contributed by atoms with van der Waals surface area (Å²) in [5, 5.41) is 0.602. The monoisotopic (exact) mass is 279 g/mol. The van der Waals surface area contributed by atoms with Crippen molar-refractivity contribution in [1.82, 2.24) is 0 Å². The van der Waals surface area contributed by atoms with Gasteiger partial charge in [0.05, 0.1) is 0 Å². The maximum absolute atomic E-state index is 6.55. The first-order chi connectivity index (χ1) is 8.86. The van der Waals surface area contributed by atoms with Crippen molar-refractivity contribution in [2.24, 2.45) is 5.73 Å². The van der Waals surface area contributed by atoms with Gasteiger partial charge in [-0.1, -0.05) is 30.7 Å². The summed E-state index contributed by atoms with van der Waals surface area (Å²) in [6, 6.07) is 9.11. The second-order valence-electron chi connectivity index (χ2n) is 5.27. The van der Waals surface area contributed by atoms with Crippen LogP contribution in [-0.2, 0) is 0 Å². The summed E-state index contributed by atoms with van der Waals surface area (Å²) in [4.78, 5) is 0. The van der Waals surface area contributed by atoms with Gasteiger partial charge in [0.2, 0.25) is 0 Å². The molecule has 0 bridgehead atoms. The predicted molar refractivity (Wildman–Crippen MR) is 83.5 cm³/mol. The van der Waals surface area contributed by atoms with Gasteiger partial charge < -0.3 is 5.73 Å². The van der Waals surface area contributed by atoms with E-state index in [1.54, 1.807) is 0 Å². The lowest BCUT2D eigenvalue weighted by Crippen LogP contribution is -2.30. The van der Waals surface area contributed by atoms with Crippen LogP contribution in [0.2, 0.25) is 0 Å². The fourth-order valence-electron chi connectivity index (χ4n) is 2.82. The minimum atomic E-state index is 0.222. The van der Waals surface area contributed by atoms with Gasteiger partial charge in [0.25, 0.3) is 0 Å². The third-order valence-electron chi connectivity index (χ3n) is 4.14. The molecule has 1 aliphatic heterocycles. The summed E-state index contributed by atoms with van der Waals surface area (Å²) in [7, 11) is 0. The van der Waals surface area contributed by atoms with Gasteiger partial charge in [-0.15, -0.1) is 0 Å². The minimum Gasteiger partial charge on any atom is -0.323 e. The molecule has 3 heteroatoms. The van der Waals surface area contributed by atoms with Gasteiger partial charge >= 0.3 is 0 Å². The van der Waals surface area contributed by atoms with Crippen LogP contribution in [0.15, 0.2) is 24.3 Å². The van der Waals surface area contributed by atoms with E-state index in [9.17, 15) is 0 Å². The second kappa shape index (κ2) is 5.89. The fraction of sp³-hybridized carbons (Fsp3) is 0.600. The van der Waals surface area contributed by atoms with Crippen LogP contribution in [0.3, 0.4) is 0 Å². The number of thioether (sulfide) groups is 2. The lowest BCUT2D eigenvalue weighted by molar-refractivity contribution is 0.415. The Hall–Kier alpha value is -0.120.